The van der Waals surface area contributed by atoms with Gasteiger partial charge in [0.2, 0.25) is 0 Å². The summed E-state index contributed by atoms with van der Waals surface area (Å²) in [5.74, 6) is 0. The molecule has 1 aliphatic rings. The van der Waals surface area contributed by atoms with Gasteiger partial charge in [-0.25, -0.2) is 0 Å². The molecule has 0 saturated carbocycles. The van der Waals surface area contributed by atoms with Crippen LogP contribution in [0.15, 0.2) is 18.2 Å². The van der Waals surface area contributed by atoms with Crippen molar-refractivity contribution in [2.45, 2.75) is 38.8 Å². The van der Waals surface area contributed by atoms with Gasteiger partial charge in [0.15, 0.2) is 4.77 Å². The van der Waals surface area contributed by atoms with Crippen LogP contribution in [-0.2, 0) is 11.3 Å². The summed E-state index contributed by atoms with van der Waals surface area (Å²) in [6.45, 7) is 3.86. The number of fused-ring (bicyclic) bond motifs is 1. The van der Waals surface area contributed by atoms with Crippen LogP contribution in [0.1, 0.15) is 24.8 Å². The largest absolute Gasteiger partial charge is 0.376 e. The lowest BCUT2D eigenvalue weighted by atomic mass is 10.1. The first kappa shape index (κ1) is 11.9. The van der Waals surface area contributed by atoms with Crippen molar-refractivity contribution in [3.8, 4) is 0 Å². The lowest BCUT2D eigenvalue weighted by molar-refractivity contribution is 0.00641. The van der Waals surface area contributed by atoms with Gasteiger partial charge in [-0.3, -0.25) is 0 Å². The average Bonchev–Trinajstić information content (AvgIpc) is 2.67. The number of nitrogens with zero attached hydrogens (tertiary/aromatic N) is 1. The lowest BCUT2D eigenvalue weighted by Gasteiger charge is -2.23. The van der Waals surface area contributed by atoms with Crippen LogP contribution in [0.2, 0.25) is 0 Å². The molecule has 1 aromatic carbocycles. The minimum Gasteiger partial charge on any atom is -0.376 e. The molecule has 0 spiro atoms. The minimum absolute atomic E-state index is 0.310. The van der Waals surface area contributed by atoms with E-state index < -0.39 is 0 Å². The van der Waals surface area contributed by atoms with Gasteiger partial charge in [0.05, 0.1) is 23.7 Å². The molecule has 1 aromatic heterocycles. The molecule has 0 aliphatic carbocycles. The number of H-pyrrole nitrogens is 1. The Morgan fingerprint density at radius 2 is 2.33 bits per heavy atom. The third-order valence-corrected chi connectivity index (χ3v) is 3.91. The topological polar surface area (TPSA) is 29.9 Å². The van der Waals surface area contributed by atoms with Crippen molar-refractivity contribution in [2.75, 3.05) is 6.61 Å². The van der Waals surface area contributed by atoms with Gasteiger partial charge in [-0.1, -0.05) is 6.07 Å². The molecule has 0 bridgehead atoms. The number of nitrogens with one attached hydrogen (secondary N) is 1. The molecule has 4 heteroatoms. The number of ether oxygens (including phenoxy) is 1. The van der Waals surface area contributed by atoms with Crippen LogP contribution in [0, 0.1) is 11.7 Å². The number of hydrogen-bond donors (Lipinski definition) is 1. The number of aryl methyl sites for hydroxylation is 1. The van der Waals surface area contributed by atoms with Crippen molar-refractivity contribution in [1.82, 2.24) is 9.55 Å². The van der Waals surface area contributed by atoms with Gasteiger partial charge in [0.25, 0.3) is 0 Å². The Bertz CT molecular complexity index is 608. The average molecular weight is 262 g/mol. The monoisotopic (exact) mass is 262 g/mol. The van der Waals surface area contributed by atoms with E-state index in [1.54, 1.807) is 0 Å². The lowest BCUT2D eigenvalue weighted by Crippen LogP contribution is -2.24. The van der Waals surface area contributed by atoms with Crippen LogP contribution in [0.25, 0.3) is 11.0 Å². The van der Waals surface area contributed by atoms with Crippen molar-refractivity contribution in [2.24, 2.45) is 0 Å². The number of aromatic amines is 1. The summed E-state index contributed by atoms with van der Waals surface area (Å²) in [6, 6.07) is 6.39. The Hall–Kier alpha value is -1.13. The van der Waals surface area contributed by atoms with Gasteiger partial charge in [-0.2, -0.15) is 0 Å². The molecule has 0 amide bonds. The maximum atomic E-state index is 5.80. The molecule has 1 N–H and O–H groups in total. The second-order valence-corrected chi connectivity index (χ2v) is 5.44. The molecule has 1 unspecified atom stereocenters. The summed E-state index contributed by atoms with van der Waals surface area (Å²) in [5.41, 5.74) is 3.56. The van der Waals surface area contributed by atoms with Crippen molar-refractivity contribution >= 4 is 23.3 Å². The highest BCUT2D eigenvalue weighted by Gasteiger charge is 2.16. The molecule has 3 rings (SSSR count). The highest BCUT2D eigenvalue weighted by atomic mass is 32.1. The molecular formula is C14H18N2OS. The highest BCUT2D eigenvalue weighted by molar-refractivity contribution is 7.71. The van der Waals surface area contributed by atoms with E-state index in [0.717, 1.165) is 29.9 Å². The minimum atomic E-state index is 0.310. The zero-order valence-electron chi connectivity index (χ0n) is 10.6. The van der Waals surface area contributed by atoms with Crippen LogP contribution >= 0.6 is 12.2 Å². The fourth-order valence-electron chi connectivity index (χ4n) is 2.60. The summed E-state index contributed by atoms with van der Waals surface area (Å²) < 4.78 is 8.77. The van der Waals surface area contributed by atoms with Gasteiger partial charge < -0.3 is 14.3 Å². The van der Waals surface area contributed by atoms with E-state index in [-0.39, 0.29) is 0 Å². The number of imidazole rings is 1. The second-order valence-electron chi connectivity index (χ2n) is 5.05. The van der Waals surface area contributed by atoms with E-state index in [2.05, 4.69) is 34.7 Å². The van der Waals surface area contributed by atoms with E-state index in [1.165, 1.54) is 23.9 Å². The molecule has 1 fully saturated rings. The standard InChI is InChI=1S/C14H18N2OS/c1-10-5-6-12-13(8-10)16(14(18)15-12)9-11-4-2-3-7-17-11/h5-6,8,11H,2-4,7,9H2,1H3,(H,15,18). The van der Waals surface area contributed by atoms with Crippen LogP contribution in [-0.4, -0.2) is 22.3 Å². The summed E-state index contributed by atoms with van der Waals surface area (Å²) in [6.07, 6.45) is 3.90. The summed E-state index contributed by atoms with van der Waals surface area (Å²) in [7, 11) is 0. The predicted molar refractivity (Wildman–Crippen MR) is 75.5 cm³/mol. The first-order valence-electron chi connectivity index (χ1n) is 6.55. The summed E-state index contributed by atoms with van der Waals surface area (Å²) >= 11 is 5.42. The van der Waals surface area contributed by atoms with Crippen LogP contribution in [0.4, 0.5) is 0 Å². The van der Waals surface area contributed by atoms with E-state index in [0.29, 0.717) is 6.10 Å². The van der Waals surface area contributed by atoms with Crippen LogP contribution < -0.4 is 0 Å². The third kappa shape index (κ3) is 2.22. The van der Waals surface area contributed by atoms with Crippen molar-refractivity contribution in [1.29, 1.82) is 0 Å². The molecule has 1 aliphatic heterocycles. The zero-order valence-corrected chi connectivity index (χ0v) is 11.4. The Morgan fingerprint density at radius 3 is 3.11 bits per heavy atom. The quantitative estimate of drug-likeness (QED) is 0.838. The van der Waals surface area contributed by atoms with E-state index in [9.17, 15) is 0 Å². The van der Waals surface area contributed by atoms with Crippen LogP contribution in [0.5, 0.6) is 0 Å². The van der Waals surface area contributed by atoms with Crippen molar-refractivity contribution in [3.63, 3.8) is 0 Å². The zero-order chi connectivity index (χ0) is 12.5. The smallest absolute Gasteiger partial charge is 0.178 e. The molecule has 1 atom stereocenters. The number of hydrogen-bond acceptors (Lipinski definition) is 2. The summed E-state index contributed by atoms with van der Waals surface area (Å²) in [5, 5.41) is 0. The Morgan fingerprint density at radius 1 is 1.44 bits per heavy atom. The highest BCUT2D eigenvalue weighted by Crippen LogP contribution is 2.20. The van der Waals surface area contributed by atoms with Gasteiger partial charge >= 0.3 is 0 Å². The SMILES string of the molecule is Cc1ccc2[nH]c(=S)n(CC3CCCCO3)c2c1. The maximum absolute atomic E-state index is 5.80. The molecular weight excluding hydrogens is 244 g/mol. The van der Waals surface area contributed by atoms with Gasteiger partial charge in [-0.05, 0) is 56.1 Å². The molecule has 96 valence electrons. The molecule has 2 heterocycles. The van der Waals surface area contributed by atoms with E-state index in [1.807, 2.05) is 0 Å². The van der Waals surface area contributed by atoms with E-state index >= 15 is 0 Å². The maximum Gasteiger partial charge on any atom is 0.178 e. The second kappa shape index (κ2) is 4.86. The number of rotatable bonds is 2. The van der Waals surface area contributed by atoms with Crippen molar-refractivity contribution in [3.05, 3.63) is 28.5 Å². The first-order chi connectivity index (χ1) is 8.74. The molecule has 1 saturated heterocycles. The normalized spacial score (nSPS) is 20.4. The third-order valence-electron chi connectivity index (χ3n) is 3.59. The van der Waals surface area contributed by atoms with Gasteiger partial charge in [0, 0.05) is 6.61 Å². The number of benzene rings is 1. The van der Waals surface area contributed by atoms with E-state index in [4.69, 9.17) is 17.0 Å². The van der Waals surface area contributed by atoms with Crippen LogP contribution in [0.3, 0.4) is 0 Å². The fourth-order valence-corrected chi connectivity index (χ4v) is 2.88. The van der Waals surface area contributed by atoms with Gasteiger partial charge in [0.1, 0.15) is 0 Å². The summed E-state index contributed by atoms with van der Waals surface area (Å²) in [4.78, 5) is 3.27. The van der Waals surface area contributed by atoms with Gasteiger partial charge in [-0.15, -0.1) is 0 Å². The van der Waals surface area contributed by atoms with Crippen molar-refractivity contribution < 1.29 is 4.74 Å². The Balaban J connectivity index is 1.97. The molecule has 18 heavy (non-hydrogen) atoms. The molecule has 0 radical (unpaired) electrons. The predicted octanol–water partition coefficient (Wildman–Crippen LogP) is 3.58. The fraction of sp³-hybridized carbons (Fsp3) is 0.500. The Kier molecular flexibility index (Phi) is 3.22. The molecule has 3 nitrogen and oxygen atoms in total. The first-order valence-corrected chi connectivity index (χ1v) is 6.95. The Labute approximate surface area is 112 Å². The number of aromatic nitrogens is 2. The molecule has 2 aromatic rings.